The largest absolute Gasteiger partial charge is 0.483 e. The lowest BCUT2D eigenvalue weighted by Gasteiger charge is -2.36. The van der Waals surface area contributed by atoms with Crippen LogP contribution in [0.5, 0.6) is 11.5 Å². The highest BCUT2D eigenvalue weighted by Gasteiger charge is 2.50. The minimum Gasteiger partial charge on any atom is -0.483 e. The summed E-state index contributed by atoms with van der Waals surface area (Å²) >= 11 is 0. The quantitative estimate of drug-likeness (QED) is 0.558. The summed E-state index contributed by atoms with van der Waals surface area (Å²) in [7, 11) is 3.95. The molecule has 2 fully saturated rings. The summed E-state index contributed by atoms with van der Waals surface area (Å²) in [5, 5.41) is 9.78. The molecule has 2 amide bonds. The molecule has 0 bridgehead atoms. The van der Waals surface area contributed by atoms with E-state index in [0.29, 0.717) is 43.1 Å². The fourth-order valence-electron chi connectivity index (χ4n) is 4.07. The summed E-state index contributed by atoms with van der Waals surface area (Å²) in [6.07, 6.45) is 1.97. The molecular formula is C20H27N3O7. The van der Waals surface area contributed by atoms with E-state index in [1.807, 2.05) is 19.0 Å². The number of urea groups is 1. The van der Waals surface area contributed by atoms with Gasteiger partial charge in [-0.25, -0.2) is 4.79 Å². The molecule has 0 aromatic heterocycles. The number of carbonyl (C=O) groups excluding carboxylic acids is 2. The van der Waals surface area contributed by atoms with Crippen molar-refractivity contribution in [2.45, 2.75) is 25.4 Å². The molecule has 1 atom stereocenters. The molecule has 3 aliphatic rings. The number of fused-ring (bicyclic) bond motifs is 1. The number of carbonyl (C=O) groups is 3. The monoisotopic (exact) mass is 421 g/mol. The lowest BCUT2D eigenvalue weighted by atomic mass is 9.76. The molecular weight excluding hydrogens is 394 g/mol. The highest BCUT2D eigenvalue weighted by Crippen LogP contribution is 2.43. The van der Waals surface area contributed by atoms with Crippen LogP contribution in [0.15, 0.2) is 18.2 Å². The van der Waals surface area contributed by atoms with Crippen molar-refractivity contribution >= 4 is 24.2 Å². The maximum atomic E-state index is 12.6. The van der Waals surface area contributed by atoms with Gasteiger partial charge >= 0.3 is 12.0 Å². The molecule has 3 aliphatic heterocycles. The number of benzene rings is 1. The number of amides is 2. The molecule has 1 unspecified atom stereocenters. The third-order valence-corrected chi connectivity index (χ3v) is 5.53. The van der Waals surface area contributed by atoms with Gasteiger partial charge in [-0.1, -0.05) is 0 Å². The van der Waals surface area contributed by atoms with E-state index in [4.69, 9.17) is 24.1 Å². The Balaban J connectivity index is 0.000000806. The van der Waals surface area contributed by atoms with Crippen LogP contribution in [-0.2, 0) is 14.3 Å². The smallest absolute Gasteiger partial charge is 0.321 e. The number of anilines is 1. The molecule has 1 aromatic rings. The zero-order valence-electron chi connectivity index (χ0n) is 17.1. The van der Waals surface area contributed by atoms with Crippen LogP contribution < -0.4 is 14.8 Å². The summed E-state index contributed by atoms with van der Waals surface area (Å²) in [5.74, 6) is 1.20. The number of hydrogen-bond donors (Lipinski definition) is 2. The van der Waals surface area contributed by atoms with Gasteiger partial charge in [-0.05, 0) is 39.1 Å². The van der Waals surface area contributed by atoms with E-state index in [2.05, 4.69) is 5.32 Å². The van der Waals surface area contributed by atoms with Crippen LogP contribution in [0.2, 0.25) is 0 Å². The Morgan fingerprint density at radius 1 is 1.30 bits per heavy atom. The lowest BCUT2D eigenvalue weighted by molar-refractivity contribution is -0.150. The van der Waals surface area contributed by atoms with Crippen LogP contribution in [0.1, 0.15) is 19.3 Å². The Labute approximate surface area is 174 Å². The van der Waals surface area contributed by atoms with Crippen LogP contribution in [0, 0.1) is 5.41 Å². The number of rotatable bonds is 3. The average Bonchev–Trinajstić information content (AvgIpc) is 3.27. The first-order valence-electron chi connectivity index (χ1n) is 9.76. The number of cyclic esters (lactones) is 1. The Morgan fingerprint density at radius 2 is 1.97 bits per heavy atom. The van der Waals surface area contributed by atoms with Crippen molar-refractivity contribution in [1.82, 2.24) is 9.80 Å². The Kier molecular flexibility index (Phi) is 6.66. The zero-order chi connectivity index (χ0) is 21.7. The molecule has 0 radical (unpaired) electrons. The van der Waals surface area contributed by atoms with E-state index >= 15 is 0 Å². The number of esters is 1. The number of piperidine rings is 1. The van der Waals surface area contributed by atoms with Gasteiger partial charge in [-0.3, -0.25) is 9.59 Å². The first kappa shape index (κ1) is 21.7. The van der Waals surface area contributed by atoms with Gasteiger partial charge in [0.05, 0.1) is 5.41 Å². The van der Waals surface area contributed by atoms with Crippen molar-refractivity contribution in [3.63, 3.8) is 0 Å². The van der Waals surface area contributed by atoms with E-state index < -0.39 is 5.41 Å². The van der Waals surface area contributed by atoms with Gasteiger partial charge in [0.15, 0.2) is 11.5 Å². The van der Waals surface area contributed by atoms with Crippen LogP contribution in [0.4, 0.5) is 10.5 Å². The van der Waals surface area contributed by atoms with Crippen molar-refractivity contribution in [2.75, 3.05) is 45.8 Å². The van der Waals surface area contributed by atoms with E-state index in [-0.39, 0.29) is 31.4 Å². The van der Waals surface area contributed by atoms with Gasteiger partial charge in [0.1, 0.15) is 6.10 Å². The standard InChI is InChI=1S/C19H25N3O5.CH2O2/c1-21(2)11-14-10-19(17(23)27-14)5-7-22(8-6-19)18(24)20-13-3-4-15-16(9-13)26-12-25-15;2-1-3/h3-4,9,14H,5-8,10-12H2,1-2H3,(H,20,24);1H,(H,2,3). The SMILES string of the molecule is CN(C)CC1CC2(CCN(C(=O)Nc3ccc4c(c3)OCO4)CC2)C(=O)O1.O=CO. The van der Waals surface area contributed by atoms with Crippen molar-refractivity contribution in [2.24, 2.45) is 5.41 Å². The minimum absolute atomic E-state index is 0.0542. The number of nitrogens with zero attached hydrogens (tertiary/aromatic N) is 2. The molecule has 10 heteroatoms. The summed E-state index contributed by atoms with van der Waals surface area (Å²) in [6, 6.07) is 5.16. The maximum absolute atomic E-state index is 12.6. The highest BCUT2D eigenvalue weighted by molar-refractivity contribution is 5.90. The maximum Gasteiger partial charge on any atom is 0.321 e. The molecule has 30 heavy (non-hydrogen) atoms. The number of carboxylic acid groups (broad SMARTS) is 1. The molecule has 0 aliphatic carbocycles. The normalized spacial score (nSPS) is 21.1. The number of nitrogens with one attached hydrogen (secondary N) is 1. The van der Waals surface area contributed by atoms with Crippen molar-refractivity contribution in [3.05, 3.63) is 18.2 Å². The van der Waals surface area contributed by atoms with Gasteiger partial charge < -0.3 is 34.4 Å². The highest BCUT2D eigenvalue weighted by atomic mass is 16.7. The predicted molar refractivity (Wildman–Crippen MR) is 107 cm³/mol. The Hall–Kier alpha value is -3.01. The van der Waals surface area contributed by atoms with Gasteiger partial charge in [0, 0.05) is 37.8 Å². The van der Waals surface area contributed by atoms with Gasteiger partial charge in [-0.2, -0.15) is 0 Å². The summed E-state index contributed by atoms with van der Waals surface area (Å²) in [4.78, 5) is 37.2. The molecule has 1 spiro atoms. The third kappa shape index (κ3) is 4.76. The fourth-order valence-corrected chi connectivity index (χ4v) is 4.07. The number of ether oxygens (including phenoxy) is 3. The molecule has 4 rings (SSSR count). The lowest BCUT2D eigenvalue weighted by Crippen LogP contribution is -2.46. The van der Waals surface area contributed by atoms with Gasteiger partial charge in [0.2, 0.25) is 6.79 Å². The number of likely N-dealkylation sites (N-methyl/N-ethyl adjacent to an activating group) is 1. The summed E-state index contributed by atoms with van der Waals surface area (Å²) in [6.45, 7) is 1.77. The topological polar surface area (TPSA) is 118 Å². The number of hydrogen-bond acceptors (Lipinski definition) is 7. The molecule has 3 heterocycles. The second-order valence-electron chi connectivity index (χ2n) is 7.86. The molecule has 0 saturated carbocycles. The van der Waals surface area contributed by atoms with Crippen LogP contribution in [-0.4, -0.2) is 80.0 Å². The molecule has 10 nitrogen and oxygen atoms in total. The number of likely N-dealkylation sites (tertiary alicyclic amines) is 1. The van der Waals surface area contributed by atoms with Crippen molar-refractivity contribution in [1.29, 1.82) is 0 Å². The first-order valence-corrected chi connectivity index (χ1v) is 9.76. The fraction of sp³-hybridized carbons (Fsp3) is 0.550. The van der Waals surface area contributed by atoms with Gasteiger partial charge in [-0.15, -0.1) is 0 Å². The van der Waals surface area contributed by atoms with Crippen LogP contribution in [0.3, 0.4) is 0 Å². The van der Waals surface area contributed by atoms with Crippen LogP contribution >= 0.6 is 0 Å². The molecule has 1 aromatic carbocycles. The minimum atomic E-state index is -0.434. The predicted octanol–water partition coefficient (Wildman–Crippen LogP) is 1.61. The Bertz CT molecular complexity index is 791. The Morgan fingerprint density at radius 3 is 2.63 bits per heavy atom. The zero-order valence-corrected chi connectivity index (χ0v) is 17.1. The van der Waals surface area contributed by atoms with Crippen molar-refractivity contribution < 1.29 is 33.7 Å². The van der Waals surface area contributed by atoms with Crippen LogP contribution in [0.25, 0.3) is 0 Å². The summed E-state index contributed by atoms with van der Waals surface area (Å²) in [5.41, 5.74) is 0.229. The van der Waals surface area contributed by atoms with E-state index in [1.165, 1.54) is 0 Å². The third-order valence-electron chi connectivity index (χ3n) is 5.53. The van der Waals surface area contributed by atoms with E-state index in [0.717, 1.165) is 13.0 Å². The van der Waals surface area contributed by atoms with Crippen molar-refractivity contribution in [3.8, 4) is 11.5 Å². The summed E-state index contributed by atoms with van der Waals surface area (Å²) < 4.78 is 16.2. The first-order chi connectivity index (χ1) is 14.4. The van der Waals surface area contributed by atoms with Gasteiger partial charge in [0.25, 0.3) is 6.47 Å². The van der Waals surface area contributed by atoms with E-state index in [9.17, 15) is 9.59 Å². The second kappa shape index (κ2) is 9.21. The molecule has 2 N–H and O–H groups in total. The molecule has 164 valence electrons. The van der Waals surface area contributed by atoms with E-state index in [1.54, 1.807) is 23.1 Å². The average molecular weight is 421 g/mol. The molecule has 2 saturated heterocycles. The second-order valence-corrected chi connectivity index (χ2v) is 7.86.